The van der Waals surface area contributed by atoms with E-state index in [2.05, 4.69) is 370 Å². The Labute approximate surface area is 712 Å². The van der Waals surface area contributed by atoms with Gasteiger partial charge in [-0.25, -0.2) is 34.9 Å². The minimum absolute atomic E-state index is 0.621. The summed E-state index contributed by atoms with van der Waals surface area (Å²) in [4.78, 5) is 37.6. The number of hydrogen-bond donors (Lipinski definition) is 0. The fourth-order valence-corrected chi connectivity index (χ4v) is 19.7. The van der Waals surface area contributed by atoms with Crippen molar-refractivity contribution in [3.8, 4) is 124 Å². The molecule has 0 amide bonds. The first kappa shape index (κ1) is 70.4. The molecule has 572 valence electrons. The smallest absolute Gasteiger partial charge is 0.164 e. The van der Waals surface area contributed by atoms with Crippen LogP contribution in [0.5, 0.6) is 0 Å². The van der Waals surface area contributed by atoms with Crippen LogP contribution >= 0.6 is 0 Å². The van der Waals surface area contributed by atoms with Crippen LogP contribution in [-0.4, -0.2) is 34.9 Å². The van der Waals surface area contributed by atoms with Crippen molar-refractivity contribution >= 4 is 140 Å². The molecular formula is C117H69N7. The summed E-state index contributed by atoms with van der Waals surface area (Å²) in [7, 11) is 0. The maximum Gasteiger partial charge on any atom is 0.164 e. The first-order valence-electron chi connectivity index (χ1n) is 42.2. The zero-order valence-corrected chi connectivity index (χ0v) is 67.0. The predicted molar refractivity (Wildman–Crippen MR) is 518 cm³/mol. The summed E-state index contributed by atoms with van der Waals surface area (Å²) in [6.45, 7) is 0. The van der Waals surface area contributed by atoms with Crippen LogP contribution in [0.1, 0.15) is 0 Å². The molecule has 0 aliphatic carbocycles. The predicted octanol–water partition coefficient (Wildman–Crippen LogP) is 30.8. The van der Waals surface area contributed by atoms with Gasteiger partial charge in [-0.1, -0.05) is 364 Å². The number of rotatable bonds is 11. The molecule has 124 heavy (non-hydrogen) atoms. The van der Waals surface area contributed by atoms with Crippen molar-refractivity contribution in [2.45, 2.75) is 0 Å². The minimum atomic E-state index is 0.621. The number of aromatic nitrogens is 7. The highest BCUT2D eigenvalue weighted by Crippen LogP contribution is 2.51. The van der Waals surface area contributed by atoms with Gasteiger partial charge in [-0.3, -0.25) is 0 Å². The molecule has 0 unspecified atom stereocenters. The molecule has 7 heteroatoms. The SMILES string of the molecule is c1ccc(-c2cc(-c3ccccc3)nc(-c3cc4c5cccc(-c6cccc(-c7cc(-c8ccccc8)nc(-c8cc9c%10ccccc%10c%10cc%11cc(-c%12cccc%13c%12c%12ccccc%12c%12c%14cc(-c%15nc(-c%16ccccc%16)nc(-c%16ccccc%16)n%15)ccc%14c%14ccccc%14c%13%12)ccc%11cc%10c9c9ccccc89)n7)c6)c5ccc4c4ccccc34)n2)cc1. The van der Waals surface area contributed by atoms with Crippen LogP contribution in [0.2, 0.25) is 0 Å². The Morgan fingerprint density at radius 2 is 0.427 bits per heavy atom. The van der Waals surface area contributed by atoms with E-state index >= 15 is 0 Å². The van der Waals surface area contributed by atoms with E-state index in [0.717, 1.165) is 149 Å². The summed E-state index contributed by atoms with van der Waals surface area (Å²) in [6, 6.07) is 151. The summed E-state index contributed by atoms with van der Waals surface area (Å²) in [6.07, 6.45) is 0. The Bertz CT molecular complexity index is 8670. The monoisotopic (exact) mass is 1570 g/mol. The van der Waals surface area contributed by atoms with Crippen molar-refractivity contribution in [1.29, 1.82) is 0 Å². The van der Waals surface area contributed by atoms with Crippen molar-refractivity contribution < 1.29 is 0 Å². The van der Waals surface area contributed by atoms with E-state index in [4.69, 9.17) is 34.9 Å². The summed E-state index contributed by atoms with van der Waals surface area (Å²) < 4.78 is 0. The number of hydrogen-bond acceptors (Lipinski definition) is 7. The standard InChI is InChI=1S/C117H69N7/c1-6-29-70(30-7-1)105-68-106(71-31-8-2-9-32-71)119-116(118-105)103-66-99-86-53-27-51-81(90(86)59-60-91(99)83-41-16-19-45-88(83)103)76-39-26-40-78(61-76)108-69-107(72-33-10-3-11-34-72)120-117(121-108)104-67-102-87-44-18-17-43-85(87)98-65-80-62-77(56-55-75(80)63-101(98)110(102)93-47-22-21-46-89(93)104)82-52-28-54-97-109(82)95-49-24-25-50-96(95)112-100-64-79(57-58-92(100)84-42-20-23-48-94(84)111(97)112)115-123-113(73-35-12-4-13-36-73)122-114(124-115)74-37-14-5-15-38-74/h1-69H. The Hall–Kier alpha value is -16.6. The molecule has 0 spiro atoms. The Kier molecular flexibility index (Phi) is 16.2. The van der Waals surface area contributed by atoms with E-state index in [1.165, 1.54) is 86.4 Å². The maximum atomic E-state index is 5.71. The van der Waals surface area contributed by atoms with Crippen molar-refractivity contribution in [2.24, 2.45) is 0 Å². The van der Waals surface area contributed by atoms with Gasteiger partial charge in [0.15, 0.2) is 29.1 Å². The van der Waals surface area contributed by atoms with Gasteiger partial charge < -0.3 is 0 Å². The second-order valence-corrected chi connectivity index (χ2v) is 32.4. The lowest BCUT2D eigenvalue weighted by Crippen LogP contribution is -2.00. The first-order chi connectivity index (χ1) is 61.5. The normalized spacial score (nSPS) is 11.9. The van der Waals surface area contributed by atoms with Crippen LogP contribution in [-0.2, 0) is 0 Å². The third-order valence-corrected chi connectivity index (χ3v) is 25.4. The van der Waals surface area contributed by atoms with Crippen molar-refractivity contribution in [3.63, 3.8) is 0 Å². The molecule has 0 saturated heterocycles. The van der Waals surface area contributed by atoms with Gasteiger partial charge in [-0.2, -0.15) is 0 Å². The van der Waals surface area contributed by atoms with Gasteiger partial charge in [-0.05, 0) is 217 Å². The molecule has 25 rings (SSSR count). The van der Waals surface area contributed by atoms with Crippen LogP contribution in [0, 0.1) is 0 Å². The van der Waals surface area contributed by atoms with Gasteiger partial charge in [0.05, 0.1) is 22.8 Å². The van der Waals surface area contributed by atoms with Crippen LogP contribution < -0.4 is 0 Å². The number of nitrogens with zero attached hydrogens (tertiary/aromatic N) is 7. The third kappa shape index (κ3) is 11.5. The van der Waals surface area contributed by atoms with E-state index < -0.39 is 0 Å². The van der Waals surface area contributed by atoms with Crippen LogP contribution in [0.15, 0.2) is 419 Å². The highest BCUT2D eigenvalue weighted by atomic mass is 15.0. The van der Waals surface area contributed by atoms with Gasteiger partial charge in [-0.15, -0.1) is 0 Å². The largest absolute Gasteiger partial charge is 0.228 e. The zero-order valence-electron chi connectivity index (χ0n) is 67.0. The Morgan fingerprint density at radius 3 is 1.01 bits per heavy atom. The van der Waals surface area contributed by atoms with Gasteiger partial charge in [0.1, 0.15) is 0 Å². The van der Waals surface area contributed by atoms with Crippen LogP contribution in [0.3, 0.4) is 0 Å². The fourth-order valence-electron chi connectivity index (χ4n) is 19.7. The van der Waals surface area contributed by atoms with Crippen LogP contribution in [0.25, 0.3) is 264 Å². The maximum absolute atomic E-state index is 5.71. The Balaban J connectivity index is 0.621. The summed E-state index contributed by atoms with van der Waals surface area (Å²) >= 11 is 0. The van der Waals surface area contributed by atoms with Gasteiger partial charge in [0, 0.05) is 50.1 Å². The quantitative estimate of drug-likeness (QED) is 0.0941. The molecule has 0 atom stereocenters. The van der Waals surface area contributed by atoms with E-state index in [0.29, 0.717) is 29.1 Å². The van der Waals surface area contributed by atoms with Crippen molar-refractivity contribution in [2.75, 3.05) is 0 Å². The van der Waals surface area contributed by atoms with Crippen molar-refractivity contribution in [1.82, 2.24) is 34.9 Å². The first-order valence-corrected chi connectivity index (χ1v) is 42.2. The highest BCUT2D eigenvalue weighted by Gasteiger charge is 2.25. The number of benzene rings is 22. The van der Waals surface area contributed by atoms with E-state index in [9.17, 15) is 0 Å². The number of fused-ring (bicyclic) bond motifs is 25. The molecule has 22 aromatic carbocycles. The summed E-state index contributed by atoms with van der Waals surface area (Å²) in [5, 5.41) is 30.4. The lowest BCUT2D eigenvalue weighted by Gasteiger charge is -2.19. The van der Waals surface area contributed by atoms with Gasteiger partial charge in [0.2, 0.25) is 0 Å². The molecule has 0 saturated carbocycles. The fraction of sp³-hybridized carbons (Fsp3) is 0. The lowest BCUT2D eigenvalue weighted by molar-refractivity contribution is 1.07. The van der Waals surface area contributed by atoms with E-state index in [1.807, 2.05) is 48.5 Å². The van der Waals surface area contributed by atoms with E-state index in [1.54, 1.807) is 0 Å². The molecule has 0 fully saturated rings. The van der Waals surface area contributed by atoms with Crippen LogP contribution in [0.4, 0.5) is 0 Å². The molecule has 25 aromatic rings. The van der Waals surface area contributed by atoms with Gasteiger partial charge >= 0.3 is 0 Å². The Morgan fingerprint density at radius 1 is 0.113 bits per heavy atom. The molecule has 7 nitrogen and oxygen atoms in total. The zero-order chi connectivity index (χ0) is 81.5. The summed E-state index contributed by atoms with van der Waals surface area (Å²) in [5.41, 5.74) is 16.7. The topological polar surface area (TPSA) is 90.2 Å². The minimum Gasteiger partial charge on any atom is -0.228 e. The average Bonchev–Trinajstić information content (AvgIpc) is 0.698. The highest BCUT2D eigenvalue weighted by molar-refractivity contribution is 6.41. The average molecular weight is 1570 g/mol. The summed E-state index contributed by atoms with van der Waals surface area (Å²) in [5.74, 6) is 3.21. The molecule has 3 heterocycles. The molecule has 3 aromatic heterocycles. The lowest BCUT2D eigenvalue weighted by atomic mass is 9.84. The molecule has 0 bridgehead atoms. The van der Waals surface area contributed by atoms with E-state index in [-0.39, 0.29) is 0 Å². The molecule has 0 radical (unpaired) electrons. The second kappa shape index (κ2) is 28.6. The molecule has 0 aliphatic rings. The molecule has 0 aliphatic heterocycles. The third-order valence-electron chi connectivity index (χ3n) is 25.4. The molecular weight excluding hydrogens is 1500 g/mol. The molecule has 0 N–H and O–H groups in total. The second-order valence-electron chi connectivity index (χ2n) is 32.4. The van der Waals surface area contributed by atoms with Crippen molar-refractivity contribution in [3.05, 3.63) is 419 Å². The van der Waals surface area contributed by atoms with Gasteiger partial charge in [0.25, 0.3) is 0 Å².